The highest BCUT2D eigenvalue weighted by atomic mass is 16.4. The molecule has 3 heteroatoms. The molecule has 20 heavy (non-hydrogen) atoms. The van der Waals surface area contributed by atoms with E-state index in [-0.39, 0.29) is 6.42 Å². The van der Waals surface area contributed by atoms with Crippen molar-refractivity contribution in [1.29, 1.82) is 0 Å². The van der Waals surface area contributed by atoms with Gasteiger partial charge in [0.1, 0.15) is 0 Å². The number of rotatable bonds is 12. The van der Waals surface area contributed by atoms with Crippen LogP contribution in [0.1, 0.15) is 58.3 Å². The summed E-state index contributed by atoms with van der Waals surface area (Å²) in [4.78, 5) is 10.3. The van der Waals surface area contributed by atoms with E-state index >= 15 is 0 Å². The molecular weight excluding hydrogens is 252 g/mol. The highest BCUT2D eigenvalue weighted by molar-refractivity contribution is 5.66. The minimum absolute atomic E-state index is 0.115. The van der Waals surface area contributed by atoms with Crippen LogP contribution in [0.25, 0.3) is 0 Å². The lowest BCUT2D eigenvalue weighted by atomic mass is 10.1. The first-order valence-electron chi connectivity index (χ1n) is 7.55. The molecule has 1 atom stereocenters. The normalized spacial score (nSPS) is 13.7. The van der Waals surface area contributed by atoms with Crippen LogP contribution < -0.4 is 0 Å². The molecule has 0 rings (SSSR count). The van der Waals surface area contributed by atoms with E-state index in [9.17, 15) is 9.90 Å². The summed E-state index contributed by atoms with van der Waals surface area (Å²) in [5, 5.41) is 18.0. The van der Waals surface area contributed by atoms with Crippen molar-refractivity contribution in [3.05, 3.63) is 36.5 Å². The number of aliphatic hydroxyl groups excluding tert-OH is 1. The highest BCUT2D eigenvalue weighted by Crippen LogP contribution is 2.03. The molecule has 3 nitrogen and oxygen atoms in total. The fraction of sp³-hybridized carbons (Fsp3) is 0.588. The fourth-order valence-corrected chi connectivity index (χ4v) is 1.71. The van der Waals surface area contributed by atoms with E-state index in [1.807, 2.05) is 18.2 Å². The second-order valence-corrected chi connectivity index (χ2v) is 4.87. The summed E-state index contributed by atoms with van der Waals surface area (Å²) in [6, 6.07) is 0. The maximum Gasteiger partial charge on any atom is 0.303 e. The van der Waals surface area contributed by atoms with Gasteiger partial charge in [-0.15, -0.1) is 0 Å². The Bertz CT molecular complexity index is 316. The Morgan fingerprint density at radius 3 is 2.60 bits per heavy atom. The van der Waals surface area contributed by atoms with Crippen LogP contribution in [0.2, 0.25) is 0 Å². The van der Waals surface area contributed by atoms with Crippen molar-refractivity contribution < 1.29 is 15.0 Å². The van der Waals surface area contributed by atoms with Crippen LogP contribution in [0.4, 0.5) is 0 Å². The number of carbonyl (C=O) groups is 1. The molecule has 0 saturated heterocycles. The summed E-state index contributed by atoms with van der Waals surface area (Å²) in [5.74, 6) is -0.813. The van der Waals surface area contributed by atoms with Crippen LogP contribution in [0.5, 0.6) is 0 Å². The van der Waals surface area contributed by atoms with Crippen LogP contribution in [-0.2, 0) is 4.79 Å². The standard InChI is InChI=1S/C17H28O3/c1-2-3-4-5-6-7-8-9-10-11-13-16(18)14-12-15-17(19)20/h6-7,9-11,13,16,18H,2-5,8,12,14-15H2,1H3,(H,19,20)/b7-6-,10-9-,13-11+/t16-/m1/s1. The molecule has 0 heterocycles. The van der Waals surface area contributed by atoms with Crippen molar-refractivity contribution >= 4 is 5.97 Å². The van der Waals surface area contributed by atoms with E-state index in [0.29, 0.717) is 12.8 Å². The van der Waals surface area contributed by atoms with Gasteiger partial charge >= 0.3 is 5.97 Å². The van der Waals surface area contributed by atoms with Crippen LogP contribution in [0, 0.1) is 0 Å². The van der Waals surface area contributed by atoms with Crippen molar-refractivity contribution in [3.8, 4) is 0 Å². The van der Waals surface area contributed by atoms with Gasteiger partial charge in [-0.05, 0) is 32.1 Å². The lowest BCUT2D eigenvalue weighted by Gasteiger charge is -2.02. The molecule has 0 bridgehead atoms. The molecule has 0 aliphatic rings. The molecule has 0 aromatic rings. The lowest BCUT2D eigenvalue weighted by molar-refractivity contribution is -0.137. The SMILES string of the molecule is CCCCC/C=C\C/C=C\C=C\[C@@H](O)CCCC(=O)O. The largest absolute Gasteiger partial charge is 0.481 e. The van der Waals surface area contributed by atoms with Gasteiger partial charge in [-0.3, -0.25) is 4.79 Å². The van der Waals surface area contributed by atoms with Gasteiger partial charge in [-0.2, -0.15) is 0 Å². The third-order valence-corrected chi connectivity index (χ3v) is 2.88. The van der Waals surface area contributed by atoms with E-state index in [2.05, 4.69) is 19.1 Å². The molecule has 114 valence electrons. The number of allylic oxidation sites excluding steroid dienone is 5. The van der Waals surface area contributed by atoms with Crippen molar-refractivity contribution in [1.82, 2.24) is 0 Å². The number of carboxylic acids is 1. The van der Waals surface area contributed by atoms with Crippen LogP contribution in [0.15, 0.2) is 36.5 Å². The third kappa shape index (κ3) is 14.7. The molecule has 0 aliphatic heterocycles. The van der Waals surface area contributed by atoms with E-state index in [0.717, 1.165) is 12.8 Å². The minimum Gasteiger partial charge on any atom is -0.481 e. The second-order valence-electron chi connectivity index (χ2n) is 4.87. The topological polar surface area (TPSA) is 57.5 Å². The molecule has 2 N–H and O–H groups in total. The van der Waals surface area contributed by atoms with Gasteiger partial charge in [0.15, 0.2) is 0 Å². The summed E-state index contributed by atoms with van der Waals surface area (Å²) >= 11 is 0. The van der Waals surface area contributed by atoms with Crippen molar-refractivity contribution in [2.24, 2.45) is 0 Å². The number of hydrogen-bond acceptors (Lipinski definition) is 2. The number of aliphatic carboxylic acids is 1. The summed E-state index contributed by atoms with van der Waals surface area (Å²) in [7, 11) is 0. The molecular formula is C17H28O3. The quantitative estimate of drug-likeness (QED) is 0.319. The Morgan fingerprint density at radius 1 is 1.10 bits per heavy atom. The Hall–Kier alpha value is -1.35. The smallest absolute Gasteiger partial charge is 0.303 e. The zero-order chi connectivity index (χ0) is 15.1. The fourth-order valence-electron chi connectivity index (χ4n) is 1.71. The molecule has 0 amide bonds. The Labute approximate surface area is 122 Å². The van der Waals surface area contributed by atoms with E-state index in [1.165, 1.54) is 19.3 Å². The minimum atomic E-state index is -0.813. The highest BCUT2D eigenvalue weighted by Gasteiger charge is 2.01. The van der Waals surface area contributed by atoms with Gasteiger partial charge in [0.2, 0.25) is 0 Å². The van der Waals surface area contributed by atoms with Crippen molar-refractivity contribution in [2.45, 2.75) is 64.4 Å². The van der Waals surface area contributed by atoms with E-state index in [4.69, 9.17) is 5.11 Å². The first-order valence-corrected chi connectivity index (χ1v) is 7.55. The maximum atomic E-state index is 10.3. The predicted molar refractivity (Wildman–Crippen MR) is 83.7 cm³/mol. The molecule has 0 aromatic heterocycles. The summed E-state index contributed by atoms with van der Waals surface area (Å²) in [6.07, 6.45) is 18.3. The zero-order valence-corrected chi connectivity index (χ0v) is 12.5. The molecule has 0 radical (unpaired) electrons. The van der Waals surface area contributed by atoms with Crippen molar-refractivity contribution in [2.75, 3.05) is 0 Å². The second kappa shape index (κ2) is 14.1. The van der Waals surface area contributed by atoms with Crippen LogP contribution in [-0.4, -0.2) is 22.3 Å². The maximum absolute atomic E-state index is 10.3. The number of hydrogen-bond donors (Lipinski definition) is 2. The average Bonchev–Trinajstić information content (AvgIpc) is 2.40. The number of carboxylic acid groups (broad SMARTS) is 1. The molecule has 0 aliphatic carbocycles. The van der Waals surface area contributed by atoms with Gasteiger partial charge in [-0.25, -0.2) is 0 Å². The molecule has 0 spiro atoms. The zero-order valence-electron chi connectivity index (χ0n) is 12.5. The first-order chi connectivity index (χ1) is 9.66. The number of unbranched alkanes of at least 4 members (excludes halogenated alkanes) is 3. The third-order valence-electron chi connectivity index (χ3n) is 2.88. The molecule has 0 saturated carbocycles. The van der Waals surface area contributed by atoms with Gasteiger partial charge < -0.3 is 10.2 Å². The van der Waals surface area contributed by atoms with E-state index < -0.39 is 12.1 Å². The number of aliphatic hydroxyl groups is 1. The lowest BCUT2D eigenvalue weighted by Crippen LogP contribution is -2.03. The summed E-state index contributed by atoms with van der Waals surface area (Å²) in [6.45, 7) is 2.20. The molecule has 0 unspecified atom stereocenters. The van der Waals surface area contributed by atoms with Gasteiger partial charge in [0, 0.05) is 6.42 Å². The monoisotopic (exact) mass is 280 g/mol. The first kappa shape index (κ1) is 18.7. The molecule has 0 fully saturated rings. The Kier molecular flexibility index (Phi) is 13.1. The van der Waals surface area contributed by atoms with Crippen LogP contribution in [0.3, 0.4) is 0 Å². The Morgan fingerprint density at radius 2 is 1.90 bits per heavy atom. The summed E-state index contributed by atoms with van der Waals surface area (Å²) in [5.41, 5.74) is 0. The molecule has 0 aromatic carbocycles. The van der Waals surface area contributed by atoms with Crippen LogP contribution >= 0.6 is 0 Å². The van der Waals surface area contributed by atoms with Crippen molar-refractivity contribution in [3.63, 3.8) is 0 Å². The van der Waals surface area contributed by atoms with E-state index in [1.54, 1.807) is 6.08 Å². The van der Waals surface area contributed by atoms with Gasteiger partial charge in [-0.1, -0.05) is 56.2 Å². The summed E-state index contributed by atoms with van der Waals surface area (Å²) < 4.78 is 0. The van der Waals surface area contributed by atoms with Gasteiger partial charge in [0.25, 0.3) is 0 Å². The average molecular weight is 280 g/mol. The predicted octanol–water partition coefficient (Wildman–Crippen LogP) is 4.24. The van der Waals surface area contributed by atoms with Gasteiger partial charge in [0.05, 0.1) is 6.10 Å². The Balaban J connectivity index is 3.57.